The van der Waals surface area contributed by atoms with Crippen LogP contribution in [0.5, 0.6) is 5.75 Å². The number of anilines is 1. The lowest BCUT2D eigenvalue weighted by Crippen LogP contribution is -2.39. The van der Waals surface area contributed by atoms with Crippen molar-refractivity contribution in [3.8, 4) is 5.75 Å². The van der Waals surface area contributed by atoms with Crippen LogP contribution in [0.4, 0.5) is 5.82 Å². The van der Waals surface area contributed by atoms with Gasteiger partial charge in [0.15, 0.2) is 5.96 Å². The lowest BCUT2D eigenvalue weighted by Gasteiger charge is -2.13. The Morgan fingerprint density at radius 1 is 1.11 bits per heavy atom. The van der Waals surface area contributed by atoms with Gasteiger partial charge in [-0.15, -0.1) is 24.0 Å². The van der Waals surface area contributed by atoms with Crippen LogP contribution in [0.25, 0.3) is 0 Å². The Morgan fingerprint density at radius 2 is 1.86 bits per heavy atom. The molecule has 3 N–H and O–H groups in total. The van der Waals surface area contributed by atoms with Gasteiger partial charge in [-0.25, -0.2) is 4.98 Å². The second-order valence-electron chi connectivity index (χ2n) is 5.95. The van der Waals surface area contributed by atoms with Crippen molar-refractivity contribution in [2.75, 3.05) is 32.6 Å². The molecule has 0 aliphatic rings. The molecule has 0 saturated heterocycles. The number of pyridine rings is 1. The van der Waals surface area contributed by atoms with Crippen molar-refractivity contribution < 1.29 is 9.53 Å². The van der Waals surface area contributed by atoms with Gasteiger partial charge in [0.1, 0.15) is 11.6 Å². The summed E-state index contributed by atoms with van der Waals surface area (Å²) in [7, 11) is 3.37. The fourth-order valence-electron chi connectivity index (χ4n) is 2.56. The molecule has 28 heavy (non-hydrogen) atoms. The third-order valence-electron chi connectivity index (χ3n) is 3.90. The molecule has 0 unspecified atom stereocenters. The normalized spacial score (nSPS) is 10.6. The van der Waals surface area contributed by atoms with Crippen LogP contribution in [0.15, 0.2) is 47.5 Å². The maximum absolute atomic E-state index is 12.0. The molecule has 7 nitrogen and oxygen atoms in total. The summed E-state index contributed by atoms with van der Waals surface area (Å²) in [6, 6.07) is 13.5. The highest BCUT2D eigenvalue weighted by atomic mass is 127. The van der Waals surface area contributed by atoms with Gasteiger partial charge in [0.2, 0.25) is 5.91 Å². The molecule has 0 saturated carbocycles. The molecule has 1 heterocycles. The highest BCUT2D eigenvalue weighted by Crippen LogP contribution is 2.17. The van der Waals surface area contributed by atoms with Crippen LogP contribution in [0.1, 0.15) is 17.7 Å². The average Bonchev–Trinajstić information content (AvgIpc) is 2.67. The van der Waals surface area contributed by atoms with Crippen LogP contribution in [0, 0.1) is 6.92 Å². The van der Waals surface area contributed by atoms with Gasteiger partial charge >= 0.3 is 0 Å². The summed E-state index contributed by atoms with van der Waals surface area (Å²) in [5.41, 5.74) is 2.00. The van der Waals surface area contributed by atoms with Crippen LogP contribution in [-0.2, 0) is 11.2 Å². The number of amides is 1. The molecule has 0 bridgehead atoms. The first-order chi connectivity index (χ1) is 13.1. The number of carbonyl (C=O) groups is 1. The second kappa shape index (κ2) is 12.9. The molecule has 1 aromatic heterocycles. The fourth-order valence-corrected chi connectivity index (χ4v) is 2.56. The van der Waals surface area contributed by atoms with Crippen LogP contribution in [0.2, 0.25) is 0 Å². The summed E-state index contributed by atoms with van der Waals surface area (Å²) >= 11 is 0. The van der Waals surface area contributed by atoms with E-state index in [-0.39, 0.29) is 29.9 Å². The Hall–Kier alpha value is -2.36. The summed E-state index contributed by atoms with van der Waals surface area (Å²) in [6.07, 6.45) is 1.13. The van der Waals surface area contributed by atoms with E-state index in [4.69, 9.17) is 4.74 Å². The van der Waals surface area contributed by atoms with E-state index in [1.54, 1.807) is 20.2 Å². The fraction of sp³-hybridized carbons (Fsp3) is 0.350. The van der Waals surface area contributed by atoms with Crippen molar-refractivity contribution in [2.45, 2.75) is 19.8 Å². The zero-order valence-electron chi connectivity index (χ0n) is 16.5. The second-order valence-corrected chi connectivity index (χ2v) is 5.95. The SMILES string of the molecule is CN=C(NCCC(=O)Nc1cccc(C)n1)NCCc1ccccc1OC.I. The van der Waals surface area contributed by atoms with E-state index in [0.29, 0.717) is 31.3 Å². The molecule has 0 radical (unpaired) electrons. The number of para-hydroxylation sites is 1. The Morgan fingerprint density at radius 3 is 2.57 bits per heavy atom. The Kier molecular flexibility index (Phi) is 10.9. The van der Waals surface area contributed by atoms with E-state index in [1.165, 1.54) is 0 Å². The monoisotopic (exact) mass is 497 g/mol. The quantitative estimate of drug-likeness (QED) is 0.297. The third kappa shape index (κ3) is 8.12. The number of hydrogen-bond donors (Lipinski definition) is 3. The number of aliphatic imine (C=N–C) groups is 1. The Labute approximate surface area is 183 Å². The number of ether oxygens (including phenoxy) is 1. The van der Waals surface area contributed by atoms with Crippen LogP contribution < -0.4 is 20.7 Å². The first kappa shape index (κ1) is 23.7. The Balaban J connectivity index is 0.00000392. The largest absolute Gasteiger partial charge is 0.496 e. The average molecular weight is 497 g/mol. The maximum atomic E-state index is 12.0. The van der Waals surface area contributed by atoms with Gasteiger partial charge < -0.3 is 20.7 Å². The van der Waals surface area contributed by atoms with Crippen molar-refractivity contribution in [3.63, 3.8) is 0 Å². The number of halogens is 1. The van der Waals surface area contributed by atoms with Crippen molar-refractivity contribution in [1.82, 2.24) is 15.6 Å². The van der Waals surface area contributed by atoms with Gasteiger partial charge in [0, 0.05) is 32.3 Å². The standard InChI is InChI=1S/C20H27N5O2.HI/c1-15-7-6-10-18(24-15)25-19(26)12-14-23-20(21-2)22-13-11-16-8-4-5-9-17(16)27-3;/h4-10H,11-14H2,1-3H3,(H2,21,22,23)(H,24,25,26);1H. The summed E-state index contributed by atoms with van der Waals surface area (Å²) in [6.45, 7) is 3.07. The minimum atomic E-state index is -0.0925. The number of nitrogens with zero attached hydrogens (tertiary/aromatic N) is 2. The number of methoxy groups -OCH3 is 1. The predicted molar refractivity (Wildman–Crippen MR) is 124 cm³/mol. The van der Waals surface area contributed by atoms with Crippen molar-refractivity contribution in [3.05, 3.63) is 53.7 Å². The van der Waals surface area contributed by atoms with Gasteiger partial charge in [-0.2, -0.15) is 0 Å². The van der Waals surface area contributed by atoms with Crippen molar-refractivity contribution in [1.29, 1.82) is 0 Å². The number of aromatic nitrogens is 1. The summed E-state index contributed by atoms with van der Waals surface area (Å²) in [5, 5.41) is 9.17. The van der Waals surface area contributed by atoms with Crippen LogP contribution in [0.3, 0.4) is 0 Å². The molecule has 1 amide bonds. The molecule has 1 aromatic carbocycles. The van der Waals surface area contributed by atoms with Gasteiger partial charge in [-0.3, -0.25) is 9.79 Å². The van der Waals surface area contributed by atoms with E-state index in [1.807, 2.05) is 43.3 Å². The number of guanidine groups is 1. The minimum absolute atomic E-state index is 0. The van der Waals surface area contributed by atoms with Crippen molar-refractivity contribution >= 4 is 41.7 Å². The number of nitrogens with one attached hydrogen (secondary N) is 3. The molecule has 0 fully saturated rings. The number of rotatable bonds is 8. The van der Waals surface area contributed by atoms with Gasteiger partial charge in [0.25, 0.3) is 0 Å². The first-order valence-corrected chi connectivity index (χ1v) is 8.92. The topological polar surface area (TPSA) is 87.6 Å². The third-order valence-corrected chi connectivity index (χ3v) is 3.90. The van der Waals surface area contributed by atoms with E-state index in [2.05, 4.69) is 25.9 Å². The molecular weight excluding hydrogens is 469 g/mol. The number of carbonyl (C=O) groups excluding carboxylic acids is 1. The van der Waals surface area contributed by atoms with Gasteiger partial charge in [0.05, 0.1) is 7.11 Å². The first-order valence-electron chi connectivity index (χ1n) is 8.92. The number of hydrogen-bond acceptors (Lipinski definition) is 4. The van der Waals surface area contributed by atoms with Gasteiger partial charge in [-0.1, -0.05) is 24.3 Å². The lowest BCUT2D eigenvalue weighted by atomic mass is 10.1. The molecular formula is C20H28IN5O2. The highest BCUT2D eigenvalue weighted by molar-refractivity contribution is 14.0. The predicted octanol–water partition coefficient (Wildman–Crippen LogP) is 2.75. The minimum Gasteiger partial charge on any atom is -0.496 e. The molecule has 152 valence electrons. The van der Waals surface area contributed by atoms with E-state index in [9.17, 15) is 4.79 Å². The number of benzene rings is 1. The molecule has 0 aliphatic heterocycles. The van der Waals surface area contributed by atoms with E-state index in [0.717, 1.165) is 23.4 Å². The lowest BCUT2D eigenvalue weighted by molar-refractivity contribution is -0.116. The summed E-state index contributed by atoms with van der Waals surface area (Å²) in [5.74, 6) is 2.01. The van der Waals surface area contributed by atoms with Gasteiger partial charge in [-0.05, 0) is 37.1 Å². The molecule has 0 spiro atoms. The van der Waals surface area contributed by atoms with Crippen LogP contribution >= 0.6 is 24.0 Å². The smallest absolute Gasteiger partial charge is 0.227 e. The Bertz CT molecular complexity index is 783. The van der Waals surface area contributed by atoms with E-state index >= 15 is 0 Å². The molecule has 2 rings (SSSR count). The summed E-state index contributed by atoms with van der Waals surface area (Å²) in [4.78, 5) is 20.4. The molecule has 2 aromatic rings. The number of aryl methyl sites for hydroxylation is 1. The molecule has 0 atom stereocenters. The van der Waals surface area contributed by atoms with Crippen molar-refractivity contribution in [2.24, 2.45) is 4.99 Å². The zero-order valence-corrected chi connectivity index (χ0v) is 18.8. The zero-order chi connectivity index (χ0) is 19.5. The van der Waals surface area contributed by atoms with E-state index < -0.39 is 0 Å². The molecule has 8 heteroatoms. The van der Waals surface area contributed by atoms with Crippen LogP contribution in [-0.4, -0.2) is 44.1 Å². The maximum Gasteiger partial charge on any atom is 0.227 e. The molecule has 0 aliphatic carbocycles. The summed E-state index contributed by atoms with van der Waals surface area (Å²) < 4.78 is 5.35. The highest BCUT2D eigenvalue weighted by Gasteiger charge is 2.05.